The standard InChI is InChI=1S/C18H15Cl2N3O2/c1-3-23-15-8-7-11(19)9-12(15)17(24)16(22-23)18(25)21-14-6-4-5-13(20)10(14)2/h4-9H,3H2,1-2H3,(H,21,25). The SMILES string of the molecule is CCn1nc(C(=O)Nc2cccc(Cl)c2C)c(=O)c2cc(Cl)ccc21. The number of anilines is 1. The predicted octanol–water partition coefficient (Wildman–Crippen LogP) is 4.28. The zero-order valence-electron chi connectivity index (χ0n) is 13.6. The summed E-state index contributed by atoms with van der Waals surface area (Å²) in [5.41, 5.74) is 1.24. The second-order valence-corrected chi connectivity index (χ2v) is 6.37. The van der Waals surface area contributed by atoms with Gasteiger partial charge in [-0.05, 0) is 49.7 Å². The fourth-order valence-electron chi connectivity index (χ4n) is 2.58. The van der Waals surface area contributed by atoms with Crippen molar-refractivity contribution in [2.75, 3.05) is 5.32 Å². The maximum atomic E-state index is 12.7. The third kappa shape index (κ3) is 3.25. The number of hydrogen-bond donors (Lipinski definition) is 1. The van der Waals surface area contributed by atoms with Crippen molar-refractivity contribution in [2.45, 2.75) is 20.4 Å². The van der Waals surface area contributed by atoms with Crippen molar-refractivity contribution in [2.24, 2.45) is 0 Å². The van der Waals surface area contributed by atoms with Gasteiger partial charge in [0.25, 0.3) is 5.91 Å². The van der Waals surface area contributed by atoms with E-state index in [0.29, 0.717) is 33.2 Å². The van der Waals surface area contributed by atoms with Crippen LogP contribution < -0.4 is 10.7 Å². The van der Waals surface area contributed by atoms with Gasteiger partial charge in [-0.15, -0.1) is 0 Å². The Labute approximate surface area is 154 Å². The number of aromatic nitrogens is 2. The smallest absolute Gasteiger partial charge is 0.280 e. The van der Waals surface area contributed by atoms with Crippen molar-refractivity contribution in [3.05, 3.63) is 67.9 Å². The Morgan fingerprint density at radius 1 is 1.24 bits per heavy atom. The molecular weight excluding hydrogens is 361 g/mol. The van der Waals surface area contributed by atoms with E-state index in [1.54, 1.807) is 48.0 Å². The number of nitrogens with one attached hydrogen (secondary N) is 1. The molecule has 7 heteroatoms. The van der Waals surface area contributed by atoms with Crippen molar-refractivity contribution in [1.82, 2.24) is 9.78 Å². The maximum Gasteiger partial charge on any atom is 0.280 e. The molecule has 0 saturated heterocycles. The summed E-state index contributed by atoms with van der Waals surface area (Å²) in [5, 5.41) is 8.23. The number of amides is 1. The Morgan fingerprint density at radius 2 is 2.00 bits per heavy atom. The molecule has 1 heterocycles. The summed E-state index contributed by atoms with van der Waals surface area (Å²) >= 11 is 12.1. The highest BCUT2D eigenvalue weighted by Crippen LogP contribution is 2.23. The van der Waals surface area contributed by atoms with Gasteiger partial charge in [-0.25, -0.2) is 0 Å². The molecule has 3 rings (SSSR count). The van der Waals surface area contributed by atoms with E-state index in [1.165, 1.54) is 0 Å². The highest BCUT2D eigenvalue weighted by atomic mass is 35.5. The fraction of sp³-hybridized carbons (Fsp3) is 0.167. The number of hydrogen-bond acceptors (Lipinski definition) is 3. The molecule has 1 N–H and O–H groups in total. The van der Waals surface area contributed by atoms with Crippen LogP contribution in [0.1, 0.15) is 23.0 Å². The van der Waals surface area contributed by atoms with Crippen LogP contribution in [0.5, 0.6) is 0 Å². The lowest BCUT2D eigenvalue weighted by Gasteiger charge is -2.12. The van der Waals surface area contributed by atoms with E-state index in [-0.39, 0.29) is 5.69 Å². The lowest BCUT2D eigenvalue weighted by atomic mass is 10.1. The second-order valence-electron chi connectivity index (χ2n) is 5.52. The third-order valence-corrected chi connectivity index (χ3v) is 4.59. The maximum absolute atomic E-state index is 12.7. The van der Waals surface area contributed by atoms with Crippen LogP contribution in [0.25, 0.3) is 10.9 Å². The lowest BCUT2D eigenvalue weighted by molar-refractivity contribution is 0.101. The van der Waals surface area contributed by atoms with Gasteiger partial charge in [0.15, 0.2) is 5.69 Å². The molecule has 0 aliphatic rings. The number of carbonyl (C=O) groups excluding carboxylic acids is 1. The van der Waals surface area contributed by atoms with Crippen LogP contribution in [0.15, 0.2) is 41.2 Å². The molecule has 0 radical (unpaired) electrons. The molecule has 25 heavy (non-hydrogen) atoms. The average molecular weight is 376 g/mol. The quantitative estimate of drug-likeness (QED) is 0.742. The summed E-state index contributed by atoms with van der Waals surface area (Å²) in [5.74, 6) is -0.584. The highest BCUT2D eigenvalue weighted by molar-refractivity contribution is 6.32. The molecule has 128 valence electrons. The molecule has 1 amide bonds. The van der Waals surface area contributed by atoms with Crippen molar-refractivity contribution in [3.63, 3.8) is 0 Å². The topological polar surface area (TPSA) is 64.0 Å². The zero-order valence-corrected chi connectivity index (χ0v) is 15.1. The van der Waals surface area contributed by atoms with Gasteiger partial charge in [-0.3, -0.25) is 14.3 Å². The summed E-state index contributed by atoms with van der Waals surface area (Å²) < 4.78 is 1.60. The van der Waals surface area contributed by atoms with Gasteiger partial charge in [-0.2, -0.15) is 5.10 Å². The first-order chi connectivity index (χ1) is 11.9. The first-order valence-corrected chi connectivity index (χ1v) is 8.44. The molecule has 2 aromatic carbocycles. The lowest BCUT2D eigenvalue weighted by Crippen LogP contribution is -2.27. The third-order valence-electron chi connectivity index (χ3n) is 3.95. The van der Waals surface area contributed by atoms with Crippen LogP contribution in [0, 0.1) is 6.92 Å². The number of fused-ring (bicyclic) bond motifs is 1. The van der Waals surface area contributed by atoms with Crippen LogP contribution in [0.4, 0.5) is 5.69 Å². The molecule has 0 atom stereocenters. The number of rotatable bonds is 3. The number of aryl methyl sites for hydroxylation is 1. The average Bonchev–Trinajstić information content (AvgIpc) is 2.59. The number of carbonyl (C=O) groups is 1. The Balaban J connectivity index is 2.11. The molecule has 0 spiro atoms. The van der Waals surface area contributed by atoms with Gasteiger partial charge >= 0.3 is 0 Å². The summed E-state index contributed by atoms with van der Waals surface area (Å²) in [6.45, 7) is 4.18. The largest absolute Gasteiger partial charge is 0.320 e. The van der Waals surface area contributed by atoms with Crippen LogP contribution in [0.3, 0.4) is 0 Å². The molecular formula is C18H15Cl2N3O2. The molecule has 0 bridgehead atoms. The van der Waals surface area contributed by atoms with E-state index < -0.39 is 11.3 Å². The van der Waals surface area contributed by atoms with Crippen LogP contribution >= 0.6 is 23.2 Å². The highest BCUT2D eigenvalue weighted by Gasteiger charge is 2.18. The Kier molecular flexibility index (Phi) is 4.79. The van der Waals surface area contributed by atoms with Gasteiger partial charge in [0.2, 0.25) is 5.43 Å². The van der Waals surface area contributed by atoms with Gasteiger partial charge in [0.1, 0.15) is 0 Å². The fourth-order valence-corrected chi connectivity index (χ4v) is 2.92. The van der Waals surface area contributed by atoms with E-state index in [1.807, 2.05) is 6.92 Å². The first-order valence-electron chi connectivity index (χ1n) is 7.69. The molecule has 0 aliphatic heterocycles. The van der Waals surface area contributed by atoms with Gasteiger partial charge in [0, 0.05) is 22.3 Å². The van der Waals surface area contributed by atoms with E-state index in [4.69, 9.17) is 23.2 Å². The van der Waals surface area contributed by atoms with Crippen LogP contribution in [-0.4, -0.2) is 15.7 Å². The molecule has 0 fully saturated rings. The van der Waals surface area contributed by atoms with Crippen molar-refractivity contribution < 1.29 is 4.79 Å². The van der Waals surface area contributed by atoms with Crippen molar-refractivity contribution in [1.29, 1.82) is 0 Å². The number of nitrogens with zero attached hydrogens (tertiary/aromatic N) is 2. The van der Waals surface area contributed by atoms with E-state index >= 15 is 0 Å². The van der Waals surface area contributed by atoms with Gasteiger partial charge in [-0.1, -0.05) is 29.3 Å². The summed E-state index contributed by atoms with van der Waals surface area (Å²) in [4.78, 5) is 25.3. The second kappa shape index (κ2) is 6.86. The summed E-state index contributed by atoms with van der Waals surface area (Å²) in [7, 11) is 0. The minimum absolute atomic E-state index is 0.184. The monoisotopic (exact) mass is 375 g/mol. The Bertz CT molecular complexity index is 1040. The van der Waals surface area contributed by atoms with Crippen LogP contribution in [0.2, 0.25) is 10.0 Å². The summed E-state index contributed by atoms with van der Waals surface area (Å²) in [6.07, 6.45) is 0. The van der Waals surface area contributed by atoms with Gasteiger partial charge < -0.3 is 5.32 Å². The molecule has 0 aliphatic carbocycles. The normalized spacial score (nSPS) is 10.9. The van der Waals surface area contributed by atoms with Gasteiger partial charge in [0.05, 0.1) is 10.9 Å². The van der Waals surface area contributed by atoms with Crippen molar-refractivity contribution in [3.8, 4) is 0 Å². The number of benzene rings is 2. The predicted molar refractivity (Wildman–Crippen MR) is 101 cm³/mol. The summed E-state index contributed by atoms with van der Waals surface area (Å²) in [6, 6.07) is 10.1. The first kappa shape index (κ1) is 17.5. The number of halogens is 2. The minimum atomic E-state index is -0.584. The van der Waals surface area contributed by atoms with E-state index in [0.717, 1.165) is 5.56 Å². The van der Waals surface area contributed by atoms with Crippen LogP contribution in [-0.2, 0) is 6.54 Å². The molecule has 0 saturated carbocycles. The molecule has 3 aromatic rings. The van der Waals surface area contributed by atoms with Crippen molar-refractivity contribution >= 4 is 45.7 Å². The van der Waals surface area contributed by atoms with E-state index in [2.05, 4.69) is 10.4 Å². The molecule has 1 aromatic heterocycles. The van der Waals surface area contributed by atoms with E-state index in [9.17, 15) is 9.59 Å². The molecule has 0 unspecified atom stereocenters. The molecule has 5 nitrogen and oxygen atoms in total. The minimum Gasteiger partial charge on any atom is -0.320 e. The zero-order chi connectivity index (χ0) is 18.1. The Morgan fingerprint density at radius 3 is 2.72 bits per heavy atom. The Hall–Kier alpha value is -2.37.